The van der Waals surface area contributed by atoms with Crippen molar-refractivity contribution < 1.29 is 4.39 Å². The van der Waals surface area contributed by atoms with E-state index in [4.69, 9.17) is 23.2 Å². The summed E-state index contributed by atoms with van der Waals surface area (Å²) in [5.41, 5.74) is 2.82. The average Bonchev–Trinajstić information content (AvgIpc) is 3.36. The van der Waals surface area contributed by atoms with E-state index in [1.807, 2.05) is 12.1 Å². The van der Waals surface area contributed by atoms with Crippen LogP contribution in [0.25, 0.3) is 16.9 Å². The molecule has 0 spiro atoms. The molecule has 1 N–H and O–H groups in total. The van der Waals surface area contributed by atoms with E-state index in [1.165, 1.54) is 11.6 Å². The molecule has 2 aromatic heterocycles. The second-order valence-corrected chi connectivity index (χ2v) is 9.11. The molecule has 4 aromatic rings. The number of nitrogens with zero attached hydrogens (tertiary/aromatic N) is 3. The molecular formula is C26H23Cl2FN4. The van der Waals surface area contributed by atoms with E-state index in [0.717, 1.165) is 25.7 Å². The Morgan fingerprint density at radius 3 is 2.39 bits per heavy atom. The fourth-order valence-corrected chi connectivity index (χ4v) is 5.17. The highest BCUT2D eigenvalue weighted by molar-refractivity contribution is 6.36. The number of halogens is 3. The first-order valence-electron chi connectivity index (χ1n) is 11.1. The Bertz CT molecular complexity index is 1220. The van der Waals surface area contributed by atoms with Crippen LogP contribution in [0.2, 0.25) is 10.2 Å². The van der Waals surface area contributed by atoms with E-state index >= 15 is 0 Å². The summed E-state index contributed by atoms with van der Waals surface area (Å²) in [5, 5.41) is 8.36. The van der Waals surface area contributed by atoms with E-state index in [-0.39, 0.29) is 16.8 Å². The second kappa shape index (κ2) is 9.54. The fraction of sp³-hybridized carbons (Fsp3) is 0.231. The molecule has 1 aliphatic rings. The van der Waals surface area contributed by atoms with Crippen LogP contribution in [-0.4, -0.2) is 20.8 Å². The number of rotatable bonds is 5. The minimum atomic E-state index is -0.436. The summed E-state index contributed by atoms with van der Waals surface area (Å²) in [6.45, 7) is 0. The van der Waals surface area contributed by atoms with E-state index in [9.17, 15) is 4.39 Å². The van der Waals surface area contributed by atoms with E-state index in [2.05, 4.69) is 45.7 Å². The Hall–Kier alpha value is -2.89. The molecule has 1 saturated carbocycles. The van der Waals surface area contributed by atoms with Gasteiger partial charge >= 0.3 is 0 Å². The lowest BCUT2D eigenvalue weighted by atomic mass is 9.81. The van der Waals surface area contributed by atoms with Gasteiger partial charge in [-0.3, -0.25) is 0 Å². The molecule has 0 aliphatic heterocycles. The van der Waals surface area contributed by atoms with E-state index < -0.39 is 5.82 Å². The second-order valence-electron chi connectivity index (χ2n) is 8.34. The normalized spacial score (nSPS) is 18.3. The van der Waals surface area contributed by atoms with Crippen molar-refractivity contribution in [1.82, 2.24) is 14.8 Å². The van der Waals surface area contributed by atoms with Crippen LogP contribution in [0.4, 0.5) is 10.1 Å². The molecule has 33 heavy (non-hydrogen) atoms. The molecule has 168 valence electrons. The third-order valence-electron chi connectivity index (χ3n) is 6.27. The van der Waals surface area contributed by atoms with Gasteiger partial charge in [-0.15, -0.1) is 0 Å². The minimum Gasteiger partial charge on any atom is -0.382 e. The first-order chi connectivity index (χ1) is 16.1. The highest BCUT2D eigenvalue weighted by atomic mass is 35.5. The lowest BCUT2D eigenvalue weighted by molar-refractivity contribution is 0.412. The van der Waals surface area contributed by atoms with Crippen LogP contribution in [0.15, 0.2) is 73.1 Å². The van der Waals surface area contributed by atoms with Crippen LogP contribution >= 0.6 is 23.2 Å². The van der Waals surface area contributed by atoms with Crippen molar-refractivity contribution in [3.05, 3.63) is 94.6 Å². The predicted molar refractivity (Wildman–Crippen MR) is 132 cm³/mol. The van der Waals surface area contributed by atoms with Crippen molar-refractivity contribution in [3.8, 4) is 16.9 Å². The molecule has 0 saturated heterocycles. The summed E-state index contributed by atoms with van der Waals surface area (Å²) in [7, 11) is 0. The molecule has 1 aliphatic carbocycles. The van der Waals surface area contributed by atoms with Crippen LogP contribution in [0.5, 0.6) is 0 Å². The summed E-state index contributed by atoms with van der Waals surface area (Å²) >= 11 is 13.0. The maximum atomic E-state index is 14.9. The molecule has 4 nitrogen and oxygen atoms in total. The maximum Gasteiger partial charge on any atom is 0.157 e. The van der Waals surface area contributed by atoms with Gasteiger partial charge in [-0.1, -0.05) is 59.6 Å². The monoisotopic (exact) mass is 480 g/mol. The zero-order chi connectivity index (χ0) is 22.8. The Labute approximate surface area is 202 Å². The standard InChI is InChI=1S/C26H23Cl2FN4/c27-20-8-4-9-21(29)24(20)25-22(16-23(32-26(25)28)33-15-5-14-30-33)31-19-12-10-18(11-13-19)17-6-2-1-3-7-17/h1-9,14-16,18-19H,10-13H2,(H,31,32). The van der Waals surface area contributed by atoms with Gasteiger partial charge in [0.2, 0.25) is 0 Å². The Morgan fingerprint density at radius 2 is 1.70 bits per heavy atom. The van der Waals surface area contributed by atoms with Gasteiger partial charge in [0.15, 0.2) is 5.82 Å². The minimum absolute atomic E-state index is 0.176. The molecule has 0 atom stereocenters. The van der Waals surface area contributed by atoms with Gasteiger partial charge in [-0.05, 0) is 55.4 Å². The molecule has 2 heterocycles. The molecule has 5 rings (SSSR count). The molecule has 2 aromatic carbocycles. The largest absolute Gasteiger partial charge is 0.382 e. The van der Waals surface area contributed by atoms with Crippen molar-refractivity contribution in [3.63, 3.8) is 0 Å². The first-order valence-corrected chi connectivity index (χ1v) is 11.8. The summed E-state index contributed by atoms with van der Waals surface area (Å²) in [6, 6.07) is 19.2. The van der Waals surface area contributed by atoms with Crippen LogP contribution in [0.3, 0.4) is 0 Å². The molecule has 0 bridgehead atoms. The van der Waals surface area contributed by atoms with Crippen LogP contribution in [0.1, 0.15) is 37.2 Å². The van der Waals surface area contributed by atoms with Crippen molar-refractivity contribution >= 4 is 28.9 Å². The summed E-state index contributed by atoms with van der Waals surface area (Å²) in [5.74, 6) is 0.681. The van der Waals surface area contributed by atoms with Gasteiger partial charge in [0.1, 0.15) is 11.0 Å². The third kappa shape index (κ3) is 4.61. The lowest BCUT2D eigenvalue weighted by Crippen LogP contribution is -2.26. The number of nitrogens with one attached hydrogen (secondary N) is 1. The number of benzene rings is 2. The Morgan fingerprint density at radius 1 is 0.909 bits per heavy atom. The molecule has 7 heteroatoms. The van der Waals surface area contributed by atoms with Crippen LogP contribution in [0, 0.1) is 5.82 Å². The molecule has 0 unspecified atom stereocenters. The van der Waals surface area contributed by atoms with Gasteiger partial charge in [0.25, 0.3) is 0 Å². The lowest BCUT2D eigenvalue weighted by Gasteiger charge is -2.31. The van der Waals surface area contributed by atoms with Gasteiger partial charge in [-0.25, -0.2) is 14.1 Å². The van der Waals surface area contributed by atoms with Crippen LogP contribution < -0.4 is 5.32 Å². The summed E-state index contributed by atoms with van der Waals surface area (Å²) < 4.78 is 16.5. The summed E-state index contributed by atoms with van der Waals surface area (Å²) in [4.78, 5) is 4.48. The number of hydrogen-bond acceptors (Lipinski definition) is 3. The Kier molecular flexibility index (Phi) is 6.34. The number of aromatic nitrogens is 3. The third-order valence-corrected chi connectivity index (χ3v) is 6.86. The smallest absolute Gasteiger partial charge is 0.157 e. The zero-order valence-electron chi connectivity index (χ0n) is 17.9. The highest BCUT2D eigenvalue weighted by Gasteiger charge is 2.25. The molecular weight excluding hydrogens is 458 g/mol. The van der Waals surface area contributed by atoms with Gasteiger partial charge in [-0.2, -0.15) is 5.10 Å². The van der Waals surface area contributed by atoms with Crippen LogP contribution in [-0.2, 0) is 0 Å². The number of anilines is 1. The SMILES string of the molecule is Fc1cccc(Cl)c1-c1c(NC2CCC(c3ccccc3)CC2)cc(-n2cccn2)nc1Cl. The van der Waals surface area contributed by atoms with Crippen molar-refractivity contribution in [1.29, 1.82) is 0 Å². The van der Waals surface area contributed by atoms with E-state index in [0.29, 0.717) is 28.0 Å². The van der Waals surface area contributed by atoms with E-state index in [1.54, 1.807) is 29.2 Å². The average molecular weight is 481 g/mol. The van der Waals surface area contributed by atoms with Gasteiger partial charge in [0, 0.05) is 41.3 Å². The maximum absolute atomic E-state index is 14.9. The zero-order valence-corrected chi connectivity index (χ0v) is 19.4. The highest BCUT2D eigenvalue weighted by Crippen LogP contribution is 2.42. The number of hydrogen-bond donors (Lipinski definition) is 1. The van der Waals surface area contributed by atoms with Crippen molar-refractivity contribution in [2.24, 2.45) is 0 Å². The predicted octanol–water partition coefficient (Wildman–Crippen LogP) is 7.52. The summed E-state index contributed by atoms with van der Waals surface area (Å²) in [6.07, 6.45) is 7.64. The van der Waals surface area contributed by atoms with Gasteiger partial charge < -0.3 is 5.32 Å². The number of pyridine rings is 1. The fourth-order valence-electron chi connectivity index (χ4n) is 4.63. The molecule has 0 radical (unpaired) electrons. The quantitative estimate of drug-likeness (QED) is 0.300. The molecule has 1 fully saturated rings. The molecule has 0 amide bonds. The van der Waals surface area contributed by atoms with Crippen molar-refractivity contribution in [2.45, 2.75) is 37.6 Å². The topological polar surface area (TPSA) is 42.7 Å². The Balaban J connectivity index is 1.48. The first kappa shape index (κ1) is 21.9. The van der Waals surface area contributed by atoms with Gasteiger partial charge in [0.05, 0.1) is 5.02 Å². The van der Waals surface area contributed by atoms with Crippen molar-refractivity contribution in [2.75, 3.05) is 5.32 Å².